The second kappa shape index (κ2) is 10.5. The third-order valence-electron chi connectivity index (χ3n) is 4.75. The quantitative estimate of drug-likeness (QED) is 0.568. The molecule has 136 valence electrons. The molecule has 0 bridgehead atoms. The lowest BCUT2D eigenvalue weighted by molar-refractivity contribution is -0.121. The van der Waals surface area contributed by atoms with Gasteiger partial charge in [-0.3, -0.25) is 4.79 Å². The van der Waals surface area contributed by atoms with Crippen molar-refractivity contribution in [1.29, 1.82) is 0 Å². The average molecular weight is 368 g/mol. The summed E-state index contributed by atoms with van der Waals surface area (Å²) in [7, 11) is -3.26. The maximum absolute atomic E-state index is 11.8. The van der Waals surface area contributed by atoms with E-state index >= 15 is 0 Å². The summed E-state index contributed by atoms with van der Waals surface area (Å²) in [5, 5.41) is 6.03. The van der Waals surface area contributed by atoms with Gasteiger partial charge in [-0.1, -0.05) is 6.42 Å². The largest absolute Gasteiger partial charge is 0.355 e. The molecule has 0 spiro atoms. The van der Waals surface area contributed by atoms with Gasteiger partial charge in [0.2, 0.25) is 15.9 Å². The van der Waals surface area contributed by atoms with E-state index in [0.717, 1.165) is 45.2 Å². The van der Waals surface area contributed by atoms with Crippen LogP contribution in [-0.4, -0.2) is 46.3 Å². The van der Waals surface area contributed by atoms with Gasteiger partial charge in [0, 0.05) is 19.5 Å². The molecule has 2 aliphatic rings. The van der Waals surface area contributed by atoms with Gasteiger partial charge in [-0.15, -0.1) is 12.4 Å². The van der Waals surface area contributed by atoms with E-state index in [2.05, 4.69) is 15.4 Å². The fourth-order valence-electron chi connectivity index (χ4n) is 2.93. The van der Waals surface area contributed by atoms with Gasteiger partial charge in [0.15, 0.2) is 0 Å². The second-order valence-corrected chi connectivity index (χ2v) is 8.47. The highest BCUT2D eigenvalue weighted by molar-refractivity contribution is 7.89. The highest BCUT2D eigenvalue weighted by atomic mass is 35.5. The maximum atomic E-state index is 11.8. The van der Waals surface area contributed by atoms with Crippen LogP contribution in [0.15, 0.2) is 0 Å². The van der Waals surface area contributed by atoms with Gasteiger partial charge >= 0.3 is 0 Å². The monoisotopic (exact) mass is 367 g/mol. The molecule has 1 saturated heterocycles. The lowest BCUT2D eigenvalue weighted by Crippen LogP contribution is -2.37. The molecule has 1 saturated carbocycles. The summed E-state index contributed by atoms with van der Waals surface area (Å²) in [6.07, 6.45) is 7.12. The third-order valence-corrected chi connectivity index (χ3v) is 6.10. The van der Waals surface area contributed by atoms with E-state index < -0.39 is 10.0 Å². The van der Waals surface area contributed by atoms with Crippen molar-refractivity contribution in [1.82, 2.24) is 15.4 Å². The van der Waals surface area contributed by atoms with Crippen LogP contribution < -0.4 is 15.4 Å². The van der Waals surface area contributed by atoms with E-state index in [0.29, 0.717) is 24.8 Å². The lowest BCUT2D eigenvalue weighted by Gasteiger charge is -2.25. The predicted octanol–water partition coefficient (Wildman–Crippen LogP) is 1.02. The molecule has 6 nitrogen and oxygen atoms in total. The van der Waals surface area contributed by atoms with Crippen LogP contribution in [0.3, 0.4) is 0 Å². The number of nitrogens with one attached hydrogen (secondary N) is 3. The molecule has 0 aromatic heterocycles. The van der Waals surface area contributed by atoms with Crippen LogP contribution in [0.2, 0.25) is 0 Å². The van der Waals surface area contributed by atoms with Crippen molar-refractivity contribution in [2.24, 2.45) is 11.8 Å². The molecule has 23 heavy (non-hydrogen) atoms. The Morgan fingerprint density at radius 2 is 1.78 bits per heavy atom. The van der Waals surface area contributed by atoms with Crippen LogP contribution in [0.25, 0.3) is 0 Å². The average Bonchev–Trinajstić information content (AvgIpc) is 2.44. The smallest absolute Gasteiger partial charge is 0.220 e. The molecule has 0 radical (unpaired) electrons. The van der Waals surface area contributed by atoms with Crippen LogP contribution in [-0.2, 0) is 14.8 Å². The normalized spacial score (nSPS) is 19.7. The molecular weight excluding hydrogens is 338 g/mol. The van der Waals surface area contributed by atoms with Crippen molar-refractivity contribution in [3.8, 4) is 0 Å². The first-order chi connectivity index (χ1) is 10.6. The summed E-state index contributed by atoms with van der Waals surface area (Å²) in [5.41, 5.74) is 0. The SMILES string of the molecule is Cl.O=C(CCC1CCNCC1)NCCS(=O)(=O)NCC1CCC1. The van der Waals surface area contributed by atoms with Crippen molar-refractivity contribution in [2.45, 2.75) is 44.9 Å². The number of halogens is 1. The Morgan fingerprint density at radius 3 is 2.39 bits per heavy atom. The molecule has 2 fully saturated rings. The second-order valence-electron chi connectivity index (χ2n) is 6.55. The molecule has 0 aromatic carbocycles. The standard InChI is InChI=1S/C15H29N3O3S.ClH/c19-15(5-4-13-6-8-16-9-7-13)17-10-11-22(20,21)18-12-14-2-1-3-14;/h13-14,16,18H,1-12H2,(H,17,19);1H. The van der Waals surface area contributed by atoms with Gasteiger partial charge in [-0.05, 0) is 57.0 Å². The van der Waals surface area contributed by atoms with E-state index in [1.807, 2.05) is 0 Å². The van der Waals surface area contributed by atoms with Crippen LogP contribution >= 0.6 is 12.4 Å². The number of sulfonamides is 1. The zero-order valence-electron chi connectivity index (χ0n) is 13.7. The predicted molar refractivity (Wildman–Crippen MR) is 94.2 cm³/mol. The number of carbonyl (C=O) groups is 1. The van der Waals surface area contributed by atoms with Crippen molar-refractivity contribution < 1.29 is 13.2 Å². The summed E-state index contributed by atoms with van der Waals surface area (Å²) >= 11 is 0. The molecule has 0 unspecified atom stereocenters. The summed E-state index contributed by atoms with van der Waals surface area (Å²) in [6.45, 7) is 2.82. The van der Waals surface area contributed by atoms with Crippen molar-refractivity contribution >= 4 is 28.3 Å². The van der Waals surface area contributed by atoms with Gasteiger partial charge in [0.25, 0.3) is 0 Å². The third kappa shape index (κ3) is 8.33. The highest BCUT2D eigenvalue weighted by Gasteiger charge is 2.20. The number of hydrogen-bond donors (Lipinski definition) is 3. The molecule has 1 aliphatic heterocycles. The minimum absolute atomic E-state index is 0. The minimum Gasteiger partial charge on any atom is -0.355 e. The molecule has 2 rings (SSSR count). The number of hydrogen-bond acceptors (Lipinski definition) is 4. The van der Waals surface area contributed by atoms with Crippen molar-refractivity contribution in [3.63, 3.8) is 0 Å². The zero-order valence-corrected chi connectivity index (χ0v) is 15.3. The van der Waals surface area contributed by atoms with Gasteiger partial charge in [0.05, 0.1) is 5.75 Å². The fraction of sp³-hybridized carbons (Fsp3) is 0.933. The Labute approximate surface area is 146 Å². The van der Waals surface area contributed by atoms with E-state index in [1.165, 1.54) is 6.42 Å². The molecule has 1 aliphatic carbocycles. The summed E-state index contributed by atoms with van der Waals surface area (Å²) in [6, 6.07) is 0. The maximum Gasteiger partial charge on any atom is 0.220 e. The van der Waals surface area contributed by atoms with Gasteiger partial charge in [-0.25, -0.2) is 13.1 Å². The number of piperidine rings is 1. The number of amides is 1. The lowest BCUT2D eigenvalue weighted by atomic mass is 9.86. The molecule has 8 heteroatoms. The molecule has 1 amide bonds. The number of rotatable bonds is 9. The zero-order chi connectivity index (χ0) is 15.8. The topological polar surface area (TPSA) is 87.3 Å². The first-order valence-corrected chi connectivity index (χ1v) is 10.1. The van der Waals surface area contributed by atoms with Gasteiger partial charge in [-0.2, -0.15) is 0 Å². The van der Waals surface area contributed by atoms with Crippen LogP contribution in [0.5, 0.6) is 0 Å². The first kappa shape index (κ1) is 20.7. The minimum atomic E-state index is -3.26. The summed E-state index contributed by atoms with van der Waals surface area (Å²) < 4.78 is 26.2. The molecule has 0 aromatic rings. The molecule has 3 N–H and O–H groups in total. The Morgan fingerprint density at radius 1 is 1.09 bits per heavy atom. The van der Waals surface area contributed by atoms with Gasteiger partial charge in [0.1, 0.15) is 0 Å². The van der Waals surface area contributed by atoms with Crippen LogP contribution in [0, 0.1) is 11.8 Å². The van der Waals surface area contributed by atoms with E-state index in [-0.39, 0.29) is 30.6 Å². The fourth-order valence-corrected chi connectivity index (χ4v) is 3.94. The van der Waals surface area contributed by atoms with E-state index in [1.54, 1.807) is 0 Å². The Bertz CT molecular complexity index is 449. The first-order valence-electron chi connectivity index (χ1n) is 8.50. The molecule has 0 atom stereocenters. The summed E-state index contributed by atoms with van der Waals surface area (Å²) in [5.74, 6) is 1.07. The summed E-state index contributed by atoms with van der Waals surface area (Å²) in [4.78, 5) is 11.8. The van der Waals surface area contributed by atoms with E-state index in [4.69, 9.17) is 0 Å². The highest BCUT2D eigenvalue weighted by Crippen LogP contribution is 2.25. The van der Waals surface area contributed by atoms with Crippen LogP contribution in [0.1, 0.15) is 44.9 Å². The Balaban J connectivity index is 0.00000264. The van der Waals surface area contributed by atoms with Crippen molar-refractivity contribution in [3.05, 3.63) is 0 Å². The molecular formula is C15H30ClN3O3S. The number of carbonyl (C=O) groups excluding carboxylic acids is 1. The van der Waals surface area contributed by atoms with Crippen molar-refractivity contribution in [2.75, 3.05) is 31.9 Å². The Hall–Kier alpha value is -0.370. The Kier molecular flexibility index (Phi) is 9.43. The molecule has 1 heterocycles. The van der Waals surface area contributed by atoms with E-state index in [9.17, 15) is 13.2 Å². The van der Waals surface area contributed by atoms with Gasteiger partial charge < -0.3 is 10.6 Å². The van der Waals surface area contributed by atoms with Crippen LogP contribution in [0.4, 0.5) is 0 Å².